The van der Waals surface area contributed by atoms with Gasteiger partial charge < -0.3 is 20.1 Å². The third kappa shape index (κ3) is 3.24. The zero-order valence-corrected chi connectivity index (χ0v) is 11.2. The minimum Gasteiger partial charge on any atom is -0.491 e. The van der Waals surface area contributed by atoms with E-state index >= 15 is 0 Å². The first kappa shape index (κ1) is 13.8. The molecule has 0 saturated heterocycles. The fourth-order valence-electron chi connectivity index (χ4n) is 2.16. The van der Waals surface area contributed by atoms with Crippen molar-refractivity contribution in [3.63, 3.8) is 0 Å². The van der Waals surface area contributed by atoms with Crippen LogP contribution in [0.3, 0.4) is 0 Å². The molecule has 0 radical (unpaired) electrons. The molecule has 2 rings (SSSR count). The summed E-state index contributed by atoms with van der Waals surface area (Å²) in [4.78, 5) is 14.2. The maximum absolute atomic E-state index is 12.4. The number of fused-ring (bicyclic) bond motifs is 1. The summed E-state index contributed by atoms with van der Waals surface area (Å²) < 4.78 is 11.1. The van der Waals surface area contributed by atoms with Crippen LogP contribution in [0.15, 0.2) is 24.3 Å². The first-order chi connectivity index (χ1) is 9.26. The van der Waals surface area contributed by atoms with E-state index in [4.69, 9.17) is 15.2 Å². The van der Waals surface area contributed by atoms with E-state index in [-0.39, 0.29) is 12.0 Å². The molecular formula is C14H20N2O3. The van der Waals surface area contributed by atoms with Crippen molar-refractivity contribution in [2.24, 2.45) is 5.73 Å². The van der Waals surface area contributed by atoms with Crippen LogP contribution >= 0.6 is 0 Å². The van der Waals surface area contributed by atoms with E-state index in [1.807, 2.05) is 25.1 Å². The number of nitrogens with zero attached hydrogens (tertiary/aromatic N) is 1. The largest absolute Gasteiger partial charge is 0.491 e. The Morgan fingerprint density at radius 3 is 3.00 bits per heavy atom. The predicted molar refractivity (Wildman–Crippen MR) is 72.3 cm³/mol. The van der Waals surface area contributed by atoms with Crippen molar-refractivity contribution in [1.29, 1.82) is 0 Å². The van der Waals surface area contributed by atoms with Gasteiger partial charge in [-0.1, -0.05) is 12.1 Å². The molecule has 1 amide bonds. The lowest BCUT2D eigenvalue weighted by Gasteiger charge is -2.25. The van der Waals surface area contributed by atoms with E-state index in [0.717, 1.165) is 0 Å². The van der Waals surface area contributed by atoms with Crippen molar-refractivity contribution >= 4 is 5.91 Å². The molecule has 1 unspecified atom stereocenters. The quantitative estimate of drug-likeness (QED) is 0.857. The molecule has 104 valence electrons. The third-order valence-corrected chi connectivity index (χ3v) is 3.11. The minimum absolute atomic E-state index is 0.0220. The monoisotopic (exact) mass is 264 g/mol. The summed E-state index contributed by atoms with van der Waals surface area (Å²) in [5.74, 6) is 0.627. The fraction of sp³-hybridized carbons (Fsp3) is 0.500. The Bertz CT molecular complexity index is 436. The number of para-hydroxylation sites is 1. The average molecular weight is 264 g/mol. The first-order valence-corrected chi connectivity index (χ1v) is 6.59. The van der Waals surface area contributed by atoms with Gasteiger partial charge in [0.2, 0.25) is 0 Å². The van der Waals surface area contributed by atoms with Crippen LogP contribution in [0.5, 0.6) is 5.75 Å². The molecule has 1 aliphatic rings. The Morgan fingerprint density at radius 1 is 1.47 bits per heavy atom. The van der Waals surface area contributed by atoms with E-state index in [0.29, 0.717) is 44.2 Å². The maximum atomic E-state index is 12.4. The standard InChI is InChI=1S/C14H20N2O3/c1-2-18-11(9-15)10-16-7-8-19-13-6-4-3-5-12(13)14(16)17/h3-6,11H,2,7-10,15H2,1H3. The number of amides is 1. The zero-order valence-electron chi connectivity index (χ0n) is 11.2. The normalized spacial score (nSPS) is 16.5. The number of benzene rings is 1. The number of hydrogen-bond donors (Lipinski definition) is 1. The molecule has 0 aliphatic carbocycles. The molecule has 0 spiro atoms. The lowest BCUT2D eigenvalue weighted by Crippen LogP contribution is -2.42. The van der Waals surface area contributed by atoms with Crippen molar-refractivity contribution in [2.45, 2.75) is 13.0 Å². The number of ether oxygens (including phenoxy) is 2. The minimum atomic E-state index is -0.126. The van der Waals surface area contributed by atoms with Crippen molar-refractivity contribution in [3.05, 3.63) is 29.8 Å². The maximum Gasteiger partial charge on any atom is 0.257 e. The van der Waals surface area contributed by atoms with Crippen LogP contribution in [-0.4, -0.2) is 49.8 Å². The summed E-state index contributed by atoms with van der Waals surface area (Å²) in [5.41, 5.74) is 6.26. The van der Waals surface area contributed by atoms with E-state index in [2.05, 4.69) is 0 Å². The molecule has 0 aromatic heterocycles. The highest BCUT2D eigenvalue weighted by molar-refractivity contribution is 5.97. The van der Waals surface area contributed by atoms with Gasteiger partial charge in [0.25, 0.3) is 5.91 Å². The van der Waals surface area contributed by atoms with Crippen LogP contribution in [0.2, 0.25) is 0 Å². The van der Waals surface area contributed by atoms with Gasteiger partial charge in [-0.25, -0.2) is 0 Å². The summed E-state index contributed by atoms with van der Waals surface area (Å²) in [6.07, 6.45) is -0.126. The summed E-state index contributed by atoms with van der Waals surface area (Å²) in [5, 5.41) is 0. The highest BCUT2D eigenvalue weighted by Gasteiger charge is 2.25. The second kappa shape index (κ2) is 6.54. The van der Waals surface area contributed by atoms with Gasteiger partial charge in [-0.15, -0.1) is 0 Å². The predicted octanol–water partition coefficient (Wildman–Crippen LogP) is 0.885. The fourth-order valence-corrected chi connectivity index (χ4v) is 2.16. The number of rotatable bonds is 5. The van der Waals surface area contributed by atoms with Gasteiger partial charge >= 0.3 is 0 Å². The van der Waals surface area contributed by atoms with Crippen LogP contribution < -0.4 is 10.5 Å². The van der Waals surface area contributed by atoms with E-state index < -0.39 is 0 Å². The van der Waals surface area contributed by atoms with E-state index in [1.54, 1.807) is 11.0 Å². The lowest BCUT2D eigenvalue weighted by atomic mass is 10.1. The van der Waals surface area contributed by atoms with Gasteiger partial charge in [0.1, 0.15) is 12.4 Å². The highest BCUT2D eigenvalue weighted by Crippen LogP contribution is 2.22. The molecule has 0 fully saturated rings. The summed E-state index contributed by atoms with van der Waals surface area (Å²) in [6.45, 7) is 4.46. The van der Waals surface area contributed by atoms with Gasteiger partial charge in [-0.05, 0) is 19.1 Å². The summed E-state index contributed by atoms with van der Waals surface area (Å²) in [6, 6.07) is 7.31. The number of carbonyl (C=O) groups excluding carboxylic acids is 1. The van der Waals surface area contributed by atoms with Gasteiger partial charge in [-0.3, -0.25) is 4.79 Å². The van der Waals surface area contributed by atoms with Crippen LogP contribution in [0.25, 0.3) is 0 Å². The molecule has 2 N–H and O–H groups in total. The van der Waals surface area contributed by atoms with Gasteiger partial charge in [0.05, 0.1) is 18.2 Å². The van der Waals surface area contributed by atoms with Crippen molar-refractivity contribution in [2.75, 3.05) is 32.8 Å². The second-order valence-electron chi connectivity index (χ2n) is 4.41. The Morgan fingerprint density at radius 2 is 2.26 bits per heavy atom. The molecule has 19 heavy (non-hydrogen) atoms. The molecular weight excluding hydrogens is 244 g/mol. The highest BCUT2D eigenvalue weighted by atomic mass is 16.5. The average Bonchev–Trinajstić information content (AvgIpc) is 2.59. The van der Waals surface area contributed by atoms with E-state index in [1.165, 1.54) is 0 Å². The topological polar surface area (TPSA) is 64.8 Å². The number of nitrogens with two attached hydrogens (primary N) is 1. The third-order valence-electron chi connectivity index (χ3n) is 3.11. The zero-order chi connectivity index (χ0) is 13.7. The van der Waals surface area contributed by atoms with Crippen LogP contribution in [0, 0.1) is 0 Å². The Hall–Kier alpha value is -1.59. The summed E-state index contributed by atoms with van der Waals surface area (Å²) >= 11 is 0. The molecule has 1 aromatic rings. The lowest BCUT2D eigenvalue weighted by molar-refractivity contribution is 0.0329. The van der Waals surface area contributed by atoms with Crippen molar-refractivity contribution in [3.8, 4) is 5.75 Å². The van der Waals surface area contributed by atoms with Gasteiger partial charge in [-0.2, -0.15) is 0 Å². The van der Waals surface area contributed by atoms with Crippen LogP contribution in [-0.2, 0) is 4.74 Å². The molecule has 1 atom stereocenters. The first-order valence-electron chi connectivity index (χ1n) is 6.59. The van der Waals surface area contributed by atoms with Crippen molar-refractivity contribution in [1.82, 2.24) is 4.90 Å². The number of hydrogen-bond acceptors (Lipinski definition) is 4. The molecule has 5 nitrogen and oxygen atoms in total. The molecule has 1 aromatic carbocycles. The molecule has 1 heterocycles. The van der Waals surface area contributed by atoms with Gasteiger partial charge in [0.15, 0.2) is 0 Å². The van der Waals surface area contributed by atoms with Crippen LogP contribution in [0.4, 0.5) is 0 Å². The molecule has 0 saturated carbocycles. The summed E-state index contributed by atoms with van der Waals surface area (Å²) in [7, 11) is 0. The SMILES string of the molecule is CCOC(CN)CN1CCOc2ccccc2C1=O. The molecule has 1 aliphatic heterocycles. The Kier molecular flexibility index (Phi) is 4.76. The van der Waals surface area contributed by atoms with Crippen molar-refractivity contribution < 1.29 is 14.3 Å². The Labute approximate surface area is 113 Å². The van der Waals surface area contributed by atoms with Crippen LogP contribution in [0.1, 0.15) is 17.3 Å². The Balaban J connectivity index is 2.12. The smallest absolute Gasteiger partial charge is 0.257 e. The number of carbonyl (C=O) groups is 1. The molecule has 5 heteroatoms. The van der Waals surface area contributed by atoms with Gasteiger partial charge in [0, 0.05) is 19.7 Å². The molecule has 0 bridgehead atoms. The van der Waals surface area contributed by atoms with E-state index in [9.17, 15) is 4.79 Å². The second-order valence-corrected chi connectivity index (χ2v) is 4.41.